The average molecular weight is 666 g/mol. The third-order valence-electron chi connectivity index (χ3n) is 9.16. The van der Waals surface area contributed by atoms with Gasteiger partial charge in [0, 0.05) is 31.1 Å². The van der Waals surface area contributed by atoms with Crippen LogP contribution in [0.15, 0.2) is 66.6 Å². The van der Waals surface area contributed by atoms with Crippen molar-refractivity contribution in [2.24, 2.45) is 5.73 Å². The zero-order valence-corrected chi connectivity index (χ0v) is 30.3. The van der Waals surface area contributed by atoms with E-state index >= 15 is 0 Å². The molecular formula is C39H65N6O3+. The fourth-order valence-corrected chi connectivity index (χ4v) is 6.41. The number of nitrogens with one attached hydrogen (secondary N) is 4. The first-order valence-electron chi connectivity index (χ1n) is 17.0. The first-order valence-corrected chi connectivity index (χ1v) is 17.0. The molecule has 4 atom stereocenters. The van der Waals surface area contributed by atoms with Crippen molar-refractivity contribution in [2.45, 2.75) is 124 Å². The Labute approximate surface area is 290 Å². The van der Waals surface area contributed by atoms with Crippen molar-refractivity contribution in [1.29, 1.82) is 0 Å². The molecular weight excluding hydrogens is 600 g/mol. The SMILES string of the molecule is C.C=C(/C=C\C=C(C)C)C(=O)NC.C=C1NCC([NH+]=C(N)CC)C2(C)C(O)[C@H](NC(=O)c3cccc4c3CCCC4(C)C)CN12.CCC. The van der Waals surface area contributed by atoms with E-state index in [-0.39, 0.29) is 30.7 Å². The molecule has 2 heterocycles. The number of aliphatic hydroxyl groups excluding tert-OH is 1. The van der Waals surface area contributed by atoms with Crippen LogP contribution >= 0.6 is 0 Å². The van der Waals surface area contributed by atoms with Crippen LogP contribution in [0.2, 0.25) is 0 Å². The van der Waals surface area contributed by atoms with Crippen molar-refractivity contribution in [3.63, 3.8) is 0 Å². The molecule has 2 amide bonds. The fourth-order valence-electron chi connectivity index (χ4n) is 6.41. The van der Waals surface area contributed by atoms with Gasteiger partial charge in [-0.3, -0.25) is 20.3 Å². The lowest BCUT2D eigenvalue weighted by Crippen LogP contribution is -2.92. The first kappa shape index (κ1) is 42.2. The van der Waals surface area contributed by atoms with Crippen LogP contribution in [0.3, 0.4) is 0 Å². The highest BCUT2D eigenvalue weighted by Crippen LogP contribution is 2.39. The van der Waals surface area contributed by atoms with Crippen molar-refractivity contribution in [2.75, 3.05) is 20.1 Å². The largest absolute Gasteiger partial charge is 0.388 e. The van der Waals surface area contributed by atoms with Gasteiger partial charge >= 0.3 is 0 Å². The smallest absolute Gasteiger partial charge is 0.251 e. The van der Waals surface area contributed by atoms with Gasteiger partial charge in [-0.25, -0.2) is 0 Å². The Balaban J connectivity index is 0.000000609. The Hall–Kier alpha value is -3.85. The highest BCUT2D eigenvalue weighted by molar-refractivity contribution is 5.96. The molecule has 0 radical (unpaired) electrons. The third kappa shape index (κ3) is 10.1. The molecule has 0 aromatic heterocycles. The molecule has 1 aromatic carbocycles. The molecule has 0 bridgehead atoms. The molecule has 9 nitrogen and oxygen atoms in total. The fraction of sp³-hybridized carbons (Fsp3) is 0.564. The van der Waals surface area contributed by atoms with Crippen LogP contribution in [-0.4, -0.2) is 71.5 Å². The summed E-state index contributed by atoms with van der Waals surface area (Å²) in [5.41, 5.74) is 10.3. The molecule has 2 aliphatic heterocycles. The predicted octanol–water partition coefficient (Wildman–Crippen LogP) is 3.99. The van der Waals surface area contributed by atoms with Crippen molar-refractivity contribution >= 4 is 17.6 Å². The Morgan fingerprint density at radius 1 is 1.21 bits per heavy atom. The van der Waals surface area contributed by atoms with E-state index in [0.29, 0.717) is 30.9 Å². The van der Waals surface area contributed by atoms with E-state index in [0.717, 1.165) is 36.2 Å². The summed E-state index contributed by atoms with van der Waals surface area (Å²) < 4.78 is 0. The van der Waals surface area contributed by atoms with E-state index in [1.807, 2.05) is 52.0 Å². The number of carbonyl (C=O) groups is 2. The number of allylic oxidation sites excluding steroid dienone is 3. The number of benzene rings is 1. The lowest BCUT2D eigenvalue weighted by atomic mass is 9.71. The second-order valence-electron chi connectivity index (χ2n) is 13.7. The normalized spacial score (nSPS) is 23.8. The molecule has 9 heteroatoms. The Bertz CT molecular complexity index is 1370. The van der Waals surface area contributed by atoms with Crippen LogP contribution in [-0.2, 0) is 16.6 Å². The summed E-state index contributed by atoms with van der Waals surface area (Å²) in [7, 11) is 1.59. The van der Waals surface area contributed by atoms with Crippen LogP contribution in [0.25, 0.3) is 0 Å². The van der Waals surface area contributed by atoms with E-state index in [1.54, 1.807) is 13.1 Å². The zero-order valence-electron chi connectivity index (χ0n) is 30.3. The van der Waals surface area contributed by atoms with Gasteiger partial charge in [0.1, 0.15) is 17.7 Å². The summed E-state index contributed by atoms with van der Waals surface area (Å²) in [4.78, 5) is 29.7. The quantitative estimate of drug-likeness (QED) is 0.113. The number of amidine groups is 1. The van der Waals surface area contributed by atoms with Gasteiger partial charge in [0.15, 0.2) is 0 Å². The van der Waals surface area contributed by atoms with Gasteiger partial charge < -0.3 is 26.0 Å². The highest BCUT2D eigenvalue weighted by atomic mass is 16.3. The van der Waals surface area contributed by atoms with E-state index in [4.69, 9.17) is 5.73 Å². The Morgan fingerprint density at radius 3 is 2.44 bits per heavy atom. The molecule has 0 spiro atoms. The summed E-state index contributed by atoms with van der Waals surface area (Å²) >= 11 is 0. The predicted molar refractivity (Wildman–Crippen MR) is 201 cm³/mol. The van der Waals surface area contributed by atoms with E-state index in [2.05, 4.69) is 72.8 Å². The lowest BCUT2D eigenvalue weighted by Gasteiger charge is -2.46. The summed E-state index contributed by atoms with van der Waals surface area (Å²) in [5.74, 6) is 1.18. The molecule has 3 aliphatic rings. The van der Waals surface area contributed by atoms with Gasteiger partial charge in [-0.1, -0.05) is 97.6 Å². The summed E-state index contributed by atoms with van der Waals surface area (Å²) in [5, 5.41) is 20.4. The van der Waals surface area contributed by atoms with Gasteiger partial charge in [-0.2, -0.15) is 0 Å². The van der Waals surface area contributed by atoms with Gasteiger partial charge in [-0.15, -0.1) is 0 Å². The number of likely N-dealkylation sites (N-methyl/N-ethyl adjacent to an activating group) is 1. The molecule has 1 aliphatic carbocycles. The molecule has 3 unspecified atom stereocenters. The number of carbonyl (C=O) groups excluding carboxylic acids is 2. The monoisotopic (exact) mass is 666 g/mol. The van der Waals surface area contributed by atoms with Crippen molar-refractivity contribution in [3.05, 3.63) is 83.2 Å². The van der Waals surface area contributed by atoms with Crippen molar-refractivity contribution in [3.8, 4) is 0 Å². The number of hydrogen-bond acceptors (Lipinski definition) is 5. The number of aliphatic hydroxyl groups is 1. The number of amides is 2. The lowest BCUT2D eigenvalue weighted by molar-refractivity contribution is -0.525. The standard InChI is InChI=1S/C25H37N5O2.C10H15NO.C3H8.CH4/c1-6-21(26)29-20-13-27-15(2)30-14-19(22(31)25(20,30)5)28-23(32)17-9-7-11-18-16(17)10-8-12-24(18,3)4;1-8(2)6-5-7-9(3)10(12)11-4;1-3-2;/h7,9,11,19-20,22,27,31H,2,6,8,10,12-14H2,1,3-5H3,(H2,26,29)(H,28,32);5-7H,3H2,1-2,4H3,(H,11,12);3H2,1-2H3;1H4/p+1/b;7-5-;;/t19-,20?,22?,25?;;;/m1.../s1. The third-order valence-corrected chi connectivity index (χ3v) is 9.16. The molecule has 2 fully saturated rings. The van der Waals surface area contributed by atoms with Crippen molar-refractivity contribution < 1.29 is 19.7 Å². The van der Waals surface area contributed by atoms with Crippen LogP contribution in [0.1, 0.15) is 110 Å². The summed E-state index contributed by atoms with van der Waals surface area (Å²) in [6.07, 6.45) is 9.73. The van der Waals surface area contributed by atoms with Gasteiger partial charge in [0.2, 0.25) is 11.7 Å². The zero-order chi connectivity index (χ0) is 35.5. The van der Waals surface area contributed by atoms with Gasteiger partial charge in [0.05, 0.1) is 18.4 Å². The maximum atomic E-state index is 13.4. The maximum absolute atomic E-state index is 13.4. The molecule has 1 aromatic rings. The number of nitrogens with zero attached hydrogens (tertiary/aromatic N) is 1. The van der Waals surface area contributed by atoms with Crippen molar-refractivity contribution in [1.82, 2.24) is 20.9 Å². The van der Waals surface area contributed by atoms with Crippen LogP contribution < -0.4 is 26.7 Å². The minimum atomic E-state index is -0.775. The summed E-state index contributed by atoms with van der Waals surface area (Å²) in [6, 6.07) is 5.51. The second-order valence-corrected chi connectivity index (χ2v) is 13.7. The van der Waals surface area contributed by atoms with Gasteiger partial charge in [-0.05, 0) is 62.6 Å². The maximum Gasteiger partial charge on any atom is 0.251 e. The number of hydrogen-bond donors (Lipinski definition) is 6. The van der Waals surface area contributed by atoms with Crippen LogP contribution in [0.4, 0.5) is 0 Å². The molecule has 4 rings (SSSR count). The van der Waals surface area contributed by atoms with E-state index in [1.165, 1.54) is 17.6 Å². The number of fused-ring (bicyclic) bond motifs is 2. The molecule has 2 saturated heterocycles. The Kier molecular flexibility index (Phi) is 16.4. The van der Waals surface area contributed by atoms with Crippen LogP contribution in [0.5, 0.6) is 0 Å². The van der Waals surface area contributed by atoms with Gasteiger partial charge in [0.25, 0.3) is 5.91 Å². The number of rotatable bonds is 7. The molecule has 268 valence electrons. The minimum Gasteiger partial charge on any atom is -0.388 e. The molecule has 7 N–H and O–H groups in total. The topological polar surface area (TPSA) is 134 Å². The minimum absolute atomic E-state index is 0. The number of nitrogens with two attached hydrogens (primary N) is 1. The van der Waals surface area contributed by atoms with E-state index < -0.39 is 17.7 Å². The molecule has 0 saturated carbocycles. The highest BCUT2D eigenvalue weighted by Gasteiger charge is 2.58. The van der Waals surface area contributed by atoms with Crippen LogP contribution in [0, 0.1) is 0 Å². The Morgan fingerprint density at radius 2 is 1.85 bits per heavy atom. The second kappa shape index (κ2) is 18.6. The average Bonchev–Trinajstić information content (AvgIpc) is 3.28. The van der Waals surface area contributed by atoms with E-state index in [9.17, 15) is 14.7 Å². The molecule has 48 heavy (non-hydrogen) atoms. The summed E-state index contributed by atoms with van der Waals surface area (Å²) in [6.45, 7) is 25.6. The first-order chi connectivity index (χ1) is 22.1.